The molecule has 0 fully saturated rings. The molecule has 1 unspecified atom stereocenters. The smallest absolute Gasteiger partial charge is 0.133 e. The summed E-state index contributed by atoms with van der Waals surface area (Å²) >= 11 is 3.48. The molecular formula is C16H17BrFNO. The molecule has 2 nitrogen and oxygen atoms in total. The SMILES string of the molecule is CCOc1ccc(C(N)c2ccc(F)cc2C)cc1Br. The Morgan fingerprint density at radius 3 is 2.60 bits per heavy atom. The summed E-state index contributed by atoms with van der Waals surface area (Å²) in [7, 11) is 0. The Morgan fingerprint density at radius 1 is 1.25 bits per heavy atom. The van der Waals surface area contributed by atoms with Crippen LogP contribution in [-0.2, 0) is 0 Å². The van der Waals surface area contributed by atoms with Gasteiger partial charge in [-0.1, -0.05) is 12.1 Å². The van der Waals surface area contributed by atoms with Crippen molar-refractivity contribution < 1.29 is 9.13 Å². The number of ether oxygens (including phenoxy) is 1. The molecule has 20 heavy (non-hydrogen) atoms. The maximum Gasteiger partial charge on any atom is 0.133 e. The summed E-state index contributed by atoms with van der Waals surface area (Å²) in [5.74, 6) is 0.547. The van der Waals surface area contributed by atoms with Crippen LogP contribution in [0.3, 0.4) is 0 Å². The highest BCUT2D eigenvalue weighted by molar-refractivity contribution is 9.10. The lowest BCUT2D eigenvalue weighted by Gasteiger charge is -2.16. The van der Waals surface area contributed by atoms with E-state index in [9.17, 15) is 4.39 Å². The molecule has 0 saturated carbocycles. The molecule has 2 aromatic rings. The van der Waals surface area contributed by atoms with E-state index < -0.39 is 0 Å². The van der Waals surface area contributed by atoms with Gasteiger partial charge < -0.3 is 10.5 Å². The lowest BCUT2D eigenvalue weighted by atomic mass is 9.96. The highest BCUT2D eigenvalue weighted by Gasteiger charge is 2.13. The van der Waals surface area contributed by atoms with Crippen LogP contribution in [0.15, 0.2) is 40.9 Å². The van der Waals surface area contributed by atoms with E-state index in [-0.39, 0.29) is 11.9 Å². The van der Waals surface area contributed by atoms with Crippen LogP contribution in [-0.4, -0.2) is 6.61 Å². The van der Waals surface area contributed by atoms with Crippen LogP contribution in [0.5, 0.6) is 5.75 Å². The highest BCUT2D eigenvalue weighted by atomic mass is 79.9. The van der Waals surface area contributed by atoms with Gasteiger partial charge in [0.05, 0.1) is 17.1 Å². The van der Waals surface area contributed by atoms with Crippen molar-refractivity contribution in [1.29, 1.82) is 0 Å². The first-order valence-electron chi connectivity index (χ1n) is 6.46. The second-order valence-electron chi connectivity index (χ2n) is 4.60. The minimum Gasteiger partial charge on any atom is -0.493 e. The second-order valence-corrected chi connectivity index (χ2v) is 5.46. The van der Waals surface area contributed by atoms with Gasteiger partial charge in [-0.05, 0) is 70.7 Å². The van der Waals surface area contributed by atoms with Gasteiger partial charge in [0.2, 0.25) is 0 Å². The van der Waals surface area contributed by atoms with Crippen LogP contribution in [0.25, 0.3) is 0 Å². The standard InChI is InChI=1S/C16H17BrFNO/c1-3-20-15-7-4-11(9-14(15)17)16(19)13-6-5-12(18)8-10(13)2/h4-9,16H,3,19H2,1-2H3. The summed E-state index contributed by atoms with van der Waals surface area (Å²) in [5.41, 5.74) is 9.00. The number of benzene rings is 2. The van der Waals surface area contributed by atoms with Gasteiger partial charge in [-0.3, -0.25) is 0 Å². The van der Waals surface area contributed by atoms with Crippen LogP contribution in [0, 0.1) is 12.7 Å². The molecule has 0 saturated heterocycles. The van der Waals surface area contributed by atoms with Gasteiger partial charge in [-0.15, -0.1) is 0 Å². The Morgan fingerprint density at radius 2 is 2.00 bits per heavy atom. The molecule has 0 heterocycles. The molecular weight excluding hydrogens is 321 g/mol. The van der Waals surface area contributed by atoms with Crippen molar-refractivity contribution in [2.45, 2.75) is 19.9 Å². The van der Waals surface area contributed by atoms with E-state index in [1.54, 1.807) is 6.07 Å². The van der Waals surface area contributed by atoms with E-state index >= 15 is 0 Å². The third-order valence-electron chi connectivity index (χ3n) is 3.18. The molecule has 2 aromatic carbocycles. The molecule has 0 aliphatic carbocycles. The molecule has 0 amide bonds. The predicted octanol–water partition coefficient (Wildman–Crippen LogP) is 4.34. The molecule has 0 spiro atoms. The topological polar surface area (TPSA) is 35.2 Å². The van der Waals surface area contributed by atoms with Crippen LogP contribution < -0.4 is 10.5 Å². The van der Waals surface area contributed by atoms with Crippen LogP contribution in [0.2, 0.25) is 0 Å². The largest absolute Gasteiger partial charge is 0.493 e. The Kier molecular flexibility index (Phi) is 4.78. The summed E-state index contributed by atoms with van der Waals surface area (Å²) < 4.78 is 19.5. The fourth-order valence-electron chi connectivity index (χ4n) is 2.15. The Labute approximate surface area is 126 Å². The maximum absolute atomic E-state index is 13.2. The summed E-state index contributed by atoms with van der Waals surface area (Å²) in [6.45, 7) is 4.41. The number of halogens is 2. The lowest BCUT2D eigenvalue weighted by Crippen LogP contribution is -2.13. The zero-order chi connectivity index (χ0) is 14.7. The fraction of sp³-hybridized carbons (Fsp3) is 0.250. The van der Waals surface area contributed by atoms with E-state index in [4.69, 9.17) is 10.5 Å². The minimum atomic E-state index is -0.289. The van der Waals surface area contributed by atoms with Crippen molar-refractivity contribution >= 4 is 15.9 Å². The average molecular weight is 338 g/mol. The normalized spacial score (nSPS) is 12.2. The van der Waals surface area contributed by atoms with E-state index in [1.807, 2.05) is 32.0 Å². The van der Waals surface area contributed by atoms with E-state index in [0.29, 0.717) is 6.61 Å². The van der Waals surface area contributed by atoms with Crippen LogP contribution in [0.1, 0.15) is 29.7 Å². The van der Waals surface area contributed by atoms with Crippen LogP contribution in [0.4, 0.5) is 4.39 Å². The maximum atomic E-state index is 13.2. The van der Waals surface area contributed by atoms with Gasteiger partial charge in [0.1, 0.15) is 11.6 Å². The Balaban J connectivity index is 2.33. The average Bonchev–Trinajstić information content (AvgIpc) is 2.40. The number of hydrogen-bond acceptors (Lipinski definition) is 2. The molecule has 0 aliphatic heterocycles. The molecule has 4 heteroatoms. The quantitative estimate of drug-likeness (QED) is 0.900. The van der Waals surface area contributed by atoms with Gasteiger partial charge in [-0.25, -0.2) is 4.39 Å². The first kappa shape index (κ1) is 15.0. The van der Waals surface area contributed by atoms with Crippen molar-refractivity contribution in [3.63, 3.8) is 0 Å². The fourth-order valence-corrected chi connectivity index (χ4v) is 2.66. The molecule has 0 bridgehead atoms. The number of nitrogens with two attached hydrogens (primary N) is 1. The van der Waals surface area contributed by atoms with Gasteiger partial charge in [0, 0.05) is 0 Å². The van der Waals surface area contributed by atoms with Crippen molar-refractivity contribution in [2.75, 3.05) is 6.61 Å². The monoisotopic (exact) mass is 337 g/mol. The van der Waals surface area contributed by atoms with E-state index in [1.165, 1.54) is 12.1 Å². The zero-order valence-corrected chi connectivity index (χ0v) is 13.1. The van der Waals surface area contributed by atoms with Gasteiger partial charge in [0.25, 0.3) is 0 Å². The molecule has 2 rings (SSSR count). The predicted molar refractivity (Wildman–Crippen MR) is 82.5 cm³/mol. The first-order valence-corrected chi connectivity index (χ1v) is 7.26. The number of rotatable bonds is 4. The van der Waals surface area contributed by atoms with Gasteiger partial charge >= 0.3 is 0 Å². The zero-order valence-electron chi connectivity index (χ0n) is 11.5. The number of aryl methyl sites for hydroxylation is 1. The summed E-state index contributed by atoms with van der Waals surface area (Å²) in [5, 5.41) is 0. The van der Waals surface area contributed by atoms with E-state index in [0.717, 1.165) is 26.9 Å². The minimum absolute atomic E-state index is 0.244. The third kappa shape index (κ3) is 3.19. The van der Waals surface area contributed by atoms with Crippen molar-refractivity contribution in [3.05, 3.63) is 63.4 Å². The van der Waals surface area contributed by atoms with Crippen LogP contribution >= 0.6 is 15.9 Å². The van der Waals surface area contributed by atoms with Crippen molar-refractivity contribution in [3.8, 4) is 5.75 Å². The second kappa shape index (κ2) is 6.37. The van der Waals surface area contributed by atoms with Crippen molar-refractivity contribution in [1.82, 2.24) is 0 Å². The Hall–Kier alpha value is -1.39. The van der Waals surface area contributed by atoms with E-state index in [2.05, 4.69) is 15.9 Å². The molecule has 1 atom stereocenters. The van der Waals surface area contributed by atoms with Gasteiger partial charge in [0.15, 0.2) is 0 Å². The number of hydrogen-bond donors (Lipinski definition) is 1. The lowest BCUT2D eigenvalue weighted by molar-refractivity contribution is 0.338. The van der Waals surface area contributed by atoms with Gasteiger partial charge in [-0.2, -0.15) is 0 Å². The summed E-state index contributed by atoms with van der Waals surface area (Å²) in [6, 6.07) is 10.1. The third-order valence-corrected chi connectivity index (χ3v) is 3.80. The molecule has 0 aliphatic rings. The summed E-state index contributed by atoms with van der Waals surface area (Å²) in [4.78, 5) is 0. The molecule has 0 aromatic heterocycles. The Bertz CT molecular complexity index is 615. The molecule has 2 N–H and O–H groups in total. The van der Waals surface area contributed by atoms with Crippen molar-refractivity contribution in [2.24, 2.45) is 5.73 Å². The first-order chi connectivity index (χ1) is 9.52. The highest BCUT2D eigenvalue weighted by Crippen LogP contribution is 2.30. The summed E-state index contributed by atoms with van der Waals surface area (Å²) in [6.07, 6.45) is 0. The molecule has 0 radical (unpaired) electrons. The molecule has 106 valence electrons.